The number of rotatable bonds is 4. The lowest BCUT2D eigenvalue weighted by Gasteiger charge is -2.35. The van der Waals surface area contributed by atoms with Crippen LogP contribution in [0.3, 0.4) is 0 Å². The van der Waals surface area contributed by atoms with E-state index in [4.69, 9.17) is 0 Å². The predicted octanol–water partition coefficient (Wildman–Crippen LogP) is 2.82. The van der Waals surface area contributed by atoms with Gasteiger partial charge in [-0.05, 0) is 31.5 Å². The van der Waals surface area contributed by atoms with Gasteiger partial charge >= 0.3 is 18.1 Å². The zero-order chi connectivity index (χ0) is 22.1. The van der Waals surface area contributed by atoms with E-state index in [2.05, 4.69) is 14.6 Å². The molecule has 1 aliphatic rings. The number of alkyl halides is 3. The minimum atomic E-state index is -4.71. The first-order valence-corrected chi connectivity index (χ1v) is 11.0. The fourth-order valence-electron chi connectivity index (χ4n) is 2.96. The van der Waals surface area contributed by atoms with Crippen LogP contribution in [-0.2, 0) is 22.6 Å². The van der Waals surface area contributed by atoms with Crippen molar-refractivity contribution in [3.8, 4) is 11.5 Å². The van der Waals surface area contributed by atoms with Crippen molar-refractivity contribution in [1.29, 1.82) is 0 Å². The summed E-state index contributed by atoms with van der Waals surface area (Å²) in [5.41, 5.74) is 1.08. The molecule has 0 bridgehead atoms. The van der Waals surface area contributed by atoms with E-state index in [0.29, 0.717) is 5.56 Å². The lowest BCUT2D eigenvalue weighted by molar-refractivity contribution is -0.156. The molecule has 0 spiro atoms. The van der Waals surface area contributed by atoms with Crippen molar-refractivity contribution >= 4 is 15.9 Å². The van der Waals surface area contributed by atoms with Crippen molar-refractivity contribution in [3.63, 3.8) is 0 Å². The normalized spacial score (nSPS) is 16.7. The summed E-state index contributed by atoms with van der Waals surface area (Å²) in [6.07, 6.45) is -4.71. The van der Waals surface area contributed by atoms with Crippen LogP contribution >= 0.6 is 0 Å². The molecule has 2 aromatic rings. The Bertz CT molecular complexity index is 989. The number of sulfone groups is 1. The molecule has 1 fully saturated rings. The van der Waals surface area contributed by atoms with E-state index in [9.17, 15) is 26.4 Å². The molecule has 30 heavy (non-hydrogen) atoms. The van der Waals surface area contributed by atoms with E-state index in [1.54, 1.807) is 29.2 Å². The van der Waals surface area contributed by atoms with Gasteiger partial charge in [0.2, 0.25) is 5.89 Å². The molecule has 1 saturated heterocycles. The molecule has 0 N–H and O–H groups in total. The summed E-state index contributed by atoms with van der Waals surface area (Å²) in [4.78, 5) is 16.0. The summed E-state index contributed by atoms with van der Waals surface area (Å²) in [6.45, 7) is 4.27. The topological polar surface area (TPSA) is 96.6 Å². The maximum atomic E-state index is 12.9. The van der Waals surface area contributed by atoms with Crippen molar-refractivity contribution in [2.24, 2.45) is 0 Å². The summed E-state index contributed by atoms with van der Waals surface area (Å²) in [5.74, 6) is -1.77. The van der Waals surface area contributed by atoms with E-state index in [-0.39, 0.29) is 49.1 Å². The Kier molecular flexibility index (Phi) is 6.06. The van der Waals surface area contributed by atoms with Gasteiger partial charge in [-0.15, -0.1) is 10.2 Å². The van der Waals surface area contributed by atoms with Gasteiger partial charge in [0.05, 0.1) is 11.5 Å². The van der Waals surface area contributed by atoms with Gasteiger partial charge < -0.3 is 14.2 Å². The molecule has 8 nitrogen and oxygen atoms in total. The molecule has 2 amide bonds. The van der Waals surface area contributed by atoms with Crippen molar-refractivity contribution in [2.45, 2.75) is 32.6 Å². The van der Waals surface area contributed by atoms with E-state index < -0.39 is 21.9 Å². The third kappa shape index (κ3) is 5.10. The first kappa shape index (κ1) is 22.1. The number of benzene rings is 1. The Balaban J connectivity index is 1.70. The molecular formula is C18H21F3N4O4S. The molecular weight excluding hydrogens is 425 g/mol. The average molecular weight is 446 g/mol. The highest BCUT2D eigenvalue weighted by molar-refractivity contribution is 7.91. The molecule has 1 aromatic heterocycles. The van der Waals surface area contributed by atoms with Gasteiger partial charge in [-0.2, -0.15) is 13.2 Å². The third-order valence-corrected chi connectivity index (χ3v) is 6.31. The quantitative estimate of drug-likeness (QED) is 0.717. The number of halogens is 3. The second kappa shape index (κ2) is 8.25. The predicted molar refractivity (Wildman–Crippen MR) is 101 cm³/mol. The average Bonchev–Trinajstić information content (AvgIpc) is 3.16. The number of urea groups is 1. The number of hydrogen-bond acceptors (Lipinski definition) is 6. The Morgan fingerprint density at radius 3 is 2.27 bits per heavy atom. The zero-order valence-electron chi connectivity index (χ0n) is 16.4. The molecule has 0 aliphatic carbocycles. The van der Waals surface area contributed by atoms with E-state index in [1.807, 2.05) is 13.8 Å². The minimum Gasteiger partial charge on any atom is -0.413 e. The molecule has 3 rings (SSSR count). The van der Waals surface area contributed by atoms with Crippen molar-refractivity contribution < 1.29 is 30.8 Å². The van der Waals surface area contributed by atoms with Gasteiger partial charge in [0, 0.05) is 31.2 Å². The van der Waals surface area contributed by atoms with E-state index in [1.165, 1.54) is 4.90 Å². The van der Waals surface area contributed by atoms with Gasteiger partial charge in [0.25, 0.3) is 0 Å². The Labute approximate surface area is 171 Å². The fraction of sp³-hybridized carbons (Fsp3) is 0.500. The Morgan fingerprint density at radius 2 is 1.77 bits per heavy atom. The zero-order valence-corrected chi connectivity index (χ0v) is 17.2. The lowest BCUT2D eigenvalue weighted by atomic mass is 10.1. The lowest BCUT2D eigenvalue weighted by Crippen LogP contribution is -2.51. The molecule has 0 saturated carbocycles. The van der Waals surface area contributed by atoms with Crippen LogP contribution in [-0.4, -0.2) is 65.1 Å². The number of carbonyl (C=O) groups excluding carboxylic acids is 1. The van der Waals surface area contributed by atoms with Crippen LogP contribution in [0.5, 0.6) is 0 Å². The van der Waals surface area contributed by atoms with E-state index in [0.717, 1.165) is 5.56 Å². The minimum absolute atomic E-state index is 0.0521. The SMILES string of the molecule is CC(C)N(Cc1ccc(-c2nnc(C(F)(F)F)o2)cc1)C(=O)N1CCS(=O)(=O)CC1. The monoisotopic (exact) mass is 446 g/mol. The van der Waals surface area contributed by atoms with E-state index >= 15 is 0 Å². The Morgan fingerprint density at radius 1 is 1.17 bits per heavy atom. The van der Waals surface area contributed by atoms with Crippen LogP contribution in [0.4, 0.5) is 18.0 Å². The molecule has 164 valence electrons. The number of aromatic nitrogens is 2. The van der Waals surface area contributed by atoms with Gasteiger partial charge in [0.15, 0.2) is 9.84 Å². The van der Waals surface area contributed by atoms with Crippen molar-refractivity contribution in [1.82, 2.24) is 20.0 Å². The number of carbonyl (C=O) groups is 1. The van der Waals surface area contributed by atoms with Crippen molar-refractivity contribution in [3.05, 3.63) is 35.7 Å². The molecule has 0 atom stereocenters. The molecule has 2 heterocycles. The van der Waals surface area contributed by atoms with Gasteiger partial charge in [-0.3, -0.25) is 0 Å². The third-order valence-electron chi connectivity index (χ3n) is 4.71. The van der Waals surface area contributed by atoms with Crippen LogP contribution in [0.15, 0.2) is 28.7 Å². The highest BCUT2D eigenvalue weighted by atomic mass is 32.2. The summed E-state index contributed by atoms with van der Waals surface area (Å²) in [7, 11) is -3.10. The van der Waals surface area contributed by atoms with Crippen LogP contribution in [0, 0.1) is 0 Å². The number of amides is 2. The largest absolute Gasteiger partial charge is 0.470 e. The molecule has 12 heteroatoms. The maximum absolute atomic E-state index is 12.9. The maximum Gasteiger partial charge on any atom is 0.470 e. The highest BCUT2D eigenvalue weighted by Gasteiger charge is 2.38. The first-order valence-electron chi connectivity index (χ1n) is 9.22. The molecule has 0 unspecified atom stereocenters. The standard InChI is InChI=1S/C18H21F3N4O4S/c1-12(2)25(17(26)24-7-9-30(27,28)10-8-24)11-13-3-5-14(6-4-13)15-22-23-16(29-15)18(19,20)21/h3-6,12H,7-11H2,1-2H3. The number of nitrogens with zero attached hydrogens (tertiary/aromatic N) is 4. The molecule has 0 radical (unpaired) electrons. The summed E-state index contributed by atoms with van der Waals surface area (Å²) in [5, 5.41) is 6.42. The van der Waals surface area contributed by atoms with Gasteiger partial charge in [0.1, 0.15) is 0 Å². The van der Waals surface area contributed by atoms with Gasteiger partial charge in [-0.1, -0.05) is 12.1 Å². The summed E-state index contributed by atoms with van der Waals surface area (Å²) in [6, 6.07) is 6.02. The summed E-state index contributed by atoms with van der Waals surface area (Å²) < 4.78 is 65.6. The number of hydrogen-bond donors (Lipinski definition) is 0. The van der Waals surface area contributed by atoms with Crippen LogP contribution in [0.1, 0.15) is 25.3 Å². The van der Waals surface area contributed by atoms with Gasteiger partial charge in [-0.25, -0.2) is 13.2 Å². The van der Waals surface area contributed by atoms with Crippen LogP contribution in [0.2, 0.25) is 0 Å². The highest BCUT2D eigenvalue weighted by Crippen LogP contribution is 2.30. The second-order valence-electron chi connectivity index (χ2n) is 7.25. The Hall–Kier alpha value is -2.63. The second-order valence-corrected chi connectivity index (χ2v) is 9.55. The van der Waals surface area contributed by atoms with Crippen molar-refractivity contribution in [2.75, 3.05) is 24.6 Å². The van der Waals surface area contributed by atoms with Crippen LogP contribution < -0.4 is 0 Å². The summed E-state index contributed by atoms with van der Waals surface area (Å²) >= 11 is 0. The molecule has 1 aliphatic heterocycles. The first-order chi connectivity index (χ1) is 14.0. The smallest absolute Gasteiger partial charge is 0.413 e. The molecule has 1 aromatic carbocycles. The van der Waals surface area contributed by atoms with Crippen LogP contribution in [0.25, 0.3) is 11.5 Å². The fourth-order valence-corrected chi connectivity index (χ4v) is 4.16.